The van der Waals surface area contributed by atoms with Gasteiger partial charge in [-0.15, -0.1) is 0 Å². The molecule has 0 aliphatic rings. The van der Waals surface area contributed by atoms with Gasteiger partial charge in [0.25, 0.3) is 0 Å². The normalized spacial score (nSPS) is 12.2. The van der Waals surface area contributed by atoms with Crippen LogP contribution in [0.4, 0.5) is 17.1 Å². The SMILES string of the molecule is CCC(C)Cc1ccc(N(O)CCO)c([N+](=O)[O-])c1N. The Hall–Kier alpha value is -1.86. The second kappa shape index (κ2) is 7.06. The molecule has 1 atom stereocenters. The number of nitro groups is 1. The minimum atomic E-state index is -0.606. The van der Waals surface area contributed by atoms with Crippen molar-refractivity contribution in [3.05, 3.63) is 27.8 Å². The van der Waals surface area contributed by atoms with Gasteiger partial charge < -0.3 is 10.8 Å². The lowest BCUT2D eigenvalue weighted by molar-refractivity contribution is -0.383. The van der Waals surface area contributed by atoms with Crippen molar-refractivity contribution < 1.29 is 15.2 Å². The molecule has 1 aromatic rings. The smallest absolute Gasteiger partial charge is 0.317 e. The summed E-state index contributed by atoms with van der Waals surface area (Å²) in [6.45, 7) is 3.65. The molecule has 0 aliphatic heterocycles. The Balaban J connectivity index is 3.23. The topological polar surface area (TPSA) is 113 Å². The van der Waals surface area contributed by atoms with Crippen molar-refractivity contribution >= 4 is 17.1 Å². The van der Waals surface area contributed by atoms with Crippen LogP contribution in [0.5, 0.6) is 0 Å². The summed E-state index contributed by atoms with van der Waals surface area (Å²) in [7, 11) is 0. The zero-order chi connectivity index (χ0) is 15.3. The molecule has 20 heavy (non-hydrogen) atoms. The molecule has 0 aromatic heterocycles. The number of aliphatic hydroxyl groups is 1. The average molecular weight is 283 g/mol. The third-order valence-corrected chi connectivity index (χ3v) is 3.32. The van der Waals surface area contributed by atoms with Crippen molar-refractivity contribution in [3.63, 3.8) is 0 Å². The van der Waals surface area contributed by atoms with Crippen LogP contribution in [0.25, 0.3) is 0 Å². The maximum atomic E-state index is 11.2. The number of hydroxylamine groups is 1. The Kier molecular flexibility index (Phi) is 5.72. The zero-order valence-electron chi connectivity index (χ0n) is 11.7. The molecule has 7 heteroatoms. The number of nitrogens with zero attached hydrogens (tertiary/aromatic N) is 2. The second-order valence-electron chi connectivity index (χ2n) is 4.83. The Morgan fingerprint density at radius 1 is 1.50 bits per heavy atom. The van der Waals surface area contributed by atoms with Crippen LogP contribution in [0.2, 0.25) is 0 Å². The summed E-state index contributed by atoms with van der Waals surface area (Å²) in [5, 5.41) is 30.3. The van der Waals surface area contributed by atoms with Crippen molar-refractivity contribution in [3.8, 4) is 0 Å². The molecule has 0 aliphatic carbocycles. The van der Waals surface area contributed by atoms with E-state index in [0.717, 1.165) is 6.42 Å². The van der Waals surface area contributed by atoms with Crippen molar-refractivity contribution in [1.29, 1.82) is 0 Å². The predicted octanol–water partition coefficient (Wildman–Crippen LogP) is 1.95. The molecule has 1 unspecified atom stereocenters. The Bertz CT molecular complexity index is 479. The number of rotatable bonds is 7. The summed E-state index contributed by atoms with van der Waals surface area (Å²) in [4.78, 5) is 10.6. The van der Waals surface area contributed by atoms with E-state index in [1.165, 1.54) is 6.07 Å². The van der Waals surface area contributed by atoms with E-state index in [0.29, 0.717) is 23.0 Å². The maximum Gasteiger partial charge on any atom is 0.317 e. The Morgan fingerprint density at radius 2 is 2.15 bits per heavy atom. The standard InChI is InChI=1S/C13H21N3O4/c1-3-9(2)8-10-4-5-11(15(18)6-7-17)13(12(10)14)16(19)20/h4-5,9,17-18H,3,6-8,14H2,1-2H3. The van der Waals surface area contributed by atoms with E-state index in [9.17, 15) is 15.3 Å². The van der Waals surface area contributed by atoms with Crippen LogP contribution in [0.15, 0.2) is 12.1 Å². The maximum absolute atomic E-state index is 11.2. The molecule has 0 spiro atoms. The summed E-state index contributed by atoms with van der Waals surface area (Å²) in [5.74, 6) is 0.366. The molecule has 112 valence electrons. The number of hydrogen-bond donors (Lipinski definition) is 3. The minimum Gasteiger partial charge on any atom is -0.394 e. The molecule has 7 nitrogen and oxygen atoms in total. The highest BCUT2D eigenvalue weighted by molar-refractivity contribution is 5.77. The molecule has 0 radical (unpaired) electrons. The van der Waals surface area contributed by atoms with E-state index < -0.39 is 4.92 Å². The lowest BCUT2D eigenvalue weighted by atomic mass is 9.96. The Labute approximate surface area is 117 Å². The van der Waals surface area contributed by atoms with Gasteiger partial charge in [-0.2, -0.15) is 0 Å². The zero-order valence-corrected chi connectivity index (χ0v) is 11.7. The molecule has 0 saturated carbocycles. The molecule has 0 heterocycles. The highest BCUT2D eigenvalue weighted by Crippen LogP contribution is 2.36. The van der Waals surface area contributed by atoms with Gasteiger partial charge in [0.05, 0.1) is 18.1 Å². The van der Waals surface area contributed by atoms with E-state index in [1.54, 1.807) is 6.07 Å². The third-order valence-electron chi connectivity index (χ3n) is 3.32. The van der Waals surface area contributed by atoms with Crippen LogP contribution in [0.1, 0.15) is 25.8 Å². The number of hydrogen-bond acceptors (Lipinski definition) is 6. The van der Waals surface area contributed by atoms with Gasteiger partial charge in [-0.05, 0) is 24.0 Å². The van der Waals surface area contributed by atoms with Crippen molar-refractivity contribution in [2.75, 3.05) is 23.9 Å². The van der Waals surface area contributed by atoms with E-state index in [4.69, 9.17) is 10.8 Å². The quantitative estimate of drug-likeness (QED) is 0.400. The van der Waals surface area contributed by atoms with Gasteiger partial charge in [-0.25, -0.2) is 5.06 Å². The number of aliphatic hydroxyl groups excluding tert-OH is 1. The number of nitro benzene ring substituents is 1. The van der Waals surface area contributed by atoms with Gasteiger partial charge in [0.1, 0.15) is 11.4 Å². The minimum absolute atomic E-state index is 0.00514. The van der Waals surface area contributed by atoms with Crippen LogP contribution in [0, 0.1) is 16.0 Å². The highest BCUT2D eigenvalue weighted by Gasteiger charge is 2.24. The first-order valence-electron chi connectivity index (χ1n) is 6.55. The number of benzene rings is 1. The van der Waals surface area contributed by atoms with E-state index in [2.05, 4.69) is 0 Å². The number of nitrogens with two attached hydrogens (primary N) is 1. The van der Waals surface area contributed by atoms with E-state index in [1.807, 2.05) is 13.8 Å². The first-order valence-corrected chi connectivity index (χ1v) is 6.55. The fourth-order valence-corrected chi connectivity index (χ4v) is 1.95. The third kappa shape index (κ3) is 3.58. The van der Waals surface area contributed by atoms with Crippen molar-refractivity contribution in [1.82, 2.24) is 0 Å². The number of anilines is 2. The molecule has 1 aromatic carbocycles. The van der Waals surface area contributed by atoms with Crippen LogP contribution < -0.4 is 10.8 Å². The first-order chi connectivity index (χ1) is 9.42. The summed E-state index contributed by atoms with van der Waals surface area (Å²) in [6.07, 6.45) is 1.60. The van der Waals surface area contributed by atoms with Crippen LogP contribution in [0.3, 0.4) is 0 Å². The van der Waals surface area contributed by atoms with E-state index in [-0.39, 0.29) is 30.2 Å². The van der Waals surface area contributed by atoms with Gasteiger partial charge in [-0.1, -0.05) is 26.3 Å². The van der Waals surface area contributed by atoms with Crippen molar-refractivity contribution in [2.24, 2.45) is 5.92 Å². The molecule has 0 amide bonds. The van der Waals surface area contributed by atoms with Crippen LogP contribution in [-0.2, 0) is 6.42 Å². The fraction of sp³-hybridized carbons (Fsp3) is 0.538. The van der Waals surface area contributed by atoms with Gasteiger partial charge >= 0.3 is 5.69 Å². The summed E-state index contributed by atoms with van der Waals surface area (Å²) in [6, 6.07) is 3.15. The van der Waals surface area contributed by atoms with Crippen LogP contribution >= 0.6 is 0 Å². The highest BCUT2D eigenvalue weighted by atomic mass is 16.6. The van der Waals surface area contributed by atoms with Crippen LogP contribution in [-0.4, -0.2) is 28.4 Å². The Morgan fingerprint density at radius 3 is 2.65 bits per heavy atom. The fourth-order valence-electron chi connectivity index (χ4n) is 1.95. The van der Waals surface area contributed by atoms with Crippen molar-refractivity contribution in [2.45, 2.75) is 26.7 Å². The largest absolute Gasteiger partial charge is 0.394 e. The lowest BCUT2D eigenvalue weighted by Crippen LogP contribution is -2.23. The number of nitrogen functional groups attached to an aromatic ring is 1. The molecule has 0 bridgehead atoms. The lowest BCUT2D eigenvalue weighted by Gasteiger charge is -2.18. The summed E-state index contributed by atoms with van der Waals surface area (Å²) < 4.78 is 0. The van der Waals surface area contributed by atoms with Gasteiger partial charge in [0.15, 0.2) is 0 Å². The monoisotopic (exact) mass is 283 g/mol. The molecule has 0 fully saturated rings. The predicted molar refractivity (Wildman–Crippen MR) is 76.9 cm³/mol. The molecule has 4 N–H and O–H groups in total. The first kappa shape index (κ1) is 16.2. The second-order valence-corrected chi connectivity index (χ2v) is 4.83. The molecular weight excluding hydrogens is 262 g/mol. The molecular formula is C13H21N3O4. The summed E-state index contributed by atoms with van der Waals surface area (Å²) >= 11 is 0. The average Bonchev–Trinajstić information content (AvgIpc) is 2.40. The van der Waals surface area contributed by atoms with Gasteiger partial charge in [0.2, 0.25) is 0 Å². The van der Waals surface area contributed by atoms with E-state index >= 15 is 0 Å². The molecule has 1 rings (SSSR count). The molecule has 0 saturated heterocycles. The summed E-state index contributed by atoms with van der Waals surface area (Å²) in [5.41, 5.74) is 6.33. The van der Waals surface area contributed by atoms with Gasteiger partial charge in [-0.3, -0.25) is 15.3 Å². The van der Waals surface area contributed by atoms with Gasteiger partial charge in [0, 0.05) is 0 Å².